The lowest BCUT2D eigenvalue weighted by atomic mass is 9.94. The van der Waals surface area contributed by atoms with E-state index in [1.807, 2.05) is 0 Å². The van der Waals surface area contributed by atoms with E-state index in [0.717, 1.165) is 37.9 Å². The van der Waals surface area contributed by atoms with Crippen molar-refractivity contribution in [2.75, 3.05) is 18.4 Å². The molecule has 0 bridgehead atoms. The molecule has 2 atom stereocenters. The van der Waals surface area contributed by atoms with Crippen LogP contribution in [0.3, 0.4) is 0 Å². The van der Waals surface area contributed by atoms with E-state index in [2.05, 4.69) is 24.3 Å². The monoisotopic (exact) mass is 461 g/mol. The summed E-state index contributed by atoms with van der Waals surface area (Å²) < 4.78 is 30.4. The molecule has 2 aliphatic rings. The maximum atomic E-state index is 13.0. The smallest absolute Gasteiger partial charge is 0.324 e. The number of hydrogen-bond donors (Lipinski definition) is 1. The second kappa shape index (κ2) is 9.19. The first-order valence-corrected chi connectivity index (χ1v) is 12.7. The molecule has 174 valence electrons. The molecular weight excluding hydrogens is 430 g/mol. The van der Waals surface area contributed by atoms with Crippen LogP contribution < -0.4 is 11.0 Å². The van der Waals surface area contributed by atoms with Crippen LogP contribution in [0.15, 0.2) is 34.0 Å². The van der Waals surface area contributed by atoms with Crippen molar-refractivity contribution in [1.29, 1.82) is 0 Å². The highest BCUT2D eigenvalue weighted by Gasteiger charge is 2.31. The summed E-state index contributed by atoms with van der Waals surface area (Å²) in [4.78, 5) is 25.2. The number of nitrogens with zero attached hydrogens (tertiary/aromatic N) is 4. The average molecular weight is 462 g/mol. The minimum atomic E-state index is -3.57. The van der Waals surface area contributed by atoms with Gasteiger partial charge in [0, 0.05) is 31.7 Å². The first-order valence-electron chi connectivity index (χ1n) is 11.3. The molecule has 0 radical (unpaired) electrons. The van der Waals surface area contributed by atoms with E-state index in [4.69, 9.17) is 0 Å². The normalized spacial score (nSPS) is 22.2. The van der Waals surface area contributed by atoms with Crippen molar-refractivity contribution in [3.63, 3.8) is 0 Å². The van der Waals surface area contributed by atoms with Gasteiger partial charge in [0.2, 0.25) is 15.9 Å². The number of benzene rings is 1. The predicted molar refractivity (Wildman–Crippen MR) is 121 cm³/mol. The summed E-state index contributed by atoms with van der Waals surface area (Å²) in [6.07, 6.45) is 4.78. The van der Waals surface area contributed by atoms with Crippen molar-refractivity contribution in [3.8, 4) is 0 Å². The van der Waals surface area contributed by atoms with E-state index < -0.39 is 10.0 Å². The molecule has 9 nitrogen and oxygen atoms in total. The number of aryl methyl sites for hydroxylation is 1. The fourth-order valence-electron chi connectivity index (χ4n) is 4.73. The number of amides is 1. The Morgan fingerprint density at radius 3 is 2.47 bits per heavy atom. The molecule has 1 fully saturated rings. The zero-order valence-corrected chi connectivity index (χ0v) is 19.5. The van der Waals surface area contributed by atoms with Crippen molar-refractivity contribution >= 4 is 21.6 Å². The molecule has 1 amide bonds. The molecule has 0 saturated carbocycles. The Bertz CT molecular complexity index is 1130. The van der Waals surface area contributed by atoms with Gasteiger partial charge in [-0.05, 0) is 55.4 Å². The third-order valence-electron chi connectivity index (χ3n) is 6.19. The number of hydrogen-bond acceptors (Lipinski definition) is 5. The second-order valence-electron chi connectivity index (χ2n) is 9.16. The Morgan fingerprint density at radius 2 is 1.78 bits per heavy atom. The number of anilines is 1. The lowest BCUT2D eigenvalue weighted by molar-refractivity contribution is -0.117. The lowest BCUT2D eigenvalue weighted by Crippen LogP contribution is -2.42. The van der Waals surface area contributed by atoms with Gasteiger partial charge in [-0.1, -0.05) is 20.3 Å². The Morgan fingerprint density at radius 1 is 1.09 bits per heavy atom. The molecule has 1 aromatic carbocycles. The van der Waals surface area contributed by atoms with Gasteiger partial charge in [-0.15, -0.1) is 0 Å². The van der Waals surface area contributed by atoms with Gasteiger partial charge in [-0.2, -0.15) is 9.40 Å². The summed E-state index contributed by atoms with van der Waals surface area (Å²) >= 11 is 0. The van der Waals surface area contributed by atoms with Crippen LogP contribution in [-0.4, -0.2) is 46.1 Å². The van der Waals surface area contributed by atoms with Gasteiger partial charge in [0.05, 0.1) is 4.90 Å². The maximum absolute atomic E-state index is 13.0. The standard InChI is InChI=1S/C22H31N5O4S/c1-16-12-17(2)14-25(13-16)32(30,31)19-9-7-18(8-10-19)23-21(28)15-27-22(29)26-11-5-3-4-6-20(26)24-27/h7-10,16-17H,3-6,11-15H2,1-2H3,(H,23,28)/t16-,17+. The van der Waals surface area contributed by atoms with Crippen LogP contribution in [0.5, 0.6) is 0 Å². The van der Waals surface area contributed by atoms with Crippen LogP contribution in [-0.2, 0) is 34.3 Å². The maximum Gasteiger partial charge on any atom is 0.346 e. The number of carbonyl (C=O) groups excluding carboxylic acids is 1. The number of sulfonamides is 1. The van der Waals surface area contributed by atoms with Crippen molar-refractivity contribution in [1.82, 2.24) is 18.7 Å². The number of piperidine rings is 1. The van der Waals surface area contributed by atoms with Crippen molar-refractivity contribution < 1.29 is 13.2 Å². The Balaban J connectivity index is 1.42. The van der Waals surface area contributed by atoms with Crippen molar-refractivity contribution in [2.24, 2.45) is 11.8 Å². The first-order chi connectivity index (χ1) is 15.2. The van der Waals surface area contributed by atoms with Crippen LogP contribution in [0.4, 0.5) is 5.69 Å². The minimum absolute atomic E-state index is 0.178. The number of nitrogens with one attached hydrogen (secondary N) is 1. The van der Waals surface area contributed by atoms with E-state index in [1.54, 1.807) is 21.0 Å². The summed E-state index contributed by atoms with van der Waals surface area (Å²) in [5, 5.41) is 7.05. The van der Waals surface area contributed by atoms with Crippen LogP contribution in [0.25, 0.3) is 0 Å². The predicted octanol–water partition coefficient (Wildman–Crippen LogP) is 2.08. The van der Waals surface area contributed by atoms with E-state index in [0.29, 0.717) is 37.2 Å². The average Bonchev–Trinajstić information content (AvgIpc) is 2.90. The molecule has 32 heavy (non-hydrogen) atoms. The molecule has 10 heteroatoms. The van der Waals surface area contributed by atoms with E-state index in [-0.39, 0.29) is 23.0 Å². The largest absolute Gasteiger partial charge is 0.346 e. The summed E-state index contributed by atoms with van der Waals surface area (Å²) in [6, 6.07) is 6.18. The topological polar surface area (TPSA) is 106 Å². The third kappa shape index (κ3) is 4.80. The van der Waals surface area contributed by atoms with Crippen LogP contribution in [0.1, 0.15) is 45.4 Å². The molecule has 3 heterocycles. The quantitative estimate of drug-likeness (QED) is 0.734. The van der Waals surface area contributed by atoms with Gasteiger partial charge in [0.25, 0.3) is 0 Å². The van der Waals surface area contributed by atoms with E-state index >= 15 is 0 Å². The summed E-state index contributed by atoms with van der Waals surface area (Å²) in [5.41, 5.74) is 0.214. The molecule has 0 unspecified atom stereocenters. The van der Waals surface area contributed by atoms with Gasteiger partial charge >= 0.3 is 5.69 Å². The van der Waals surface area contributed by atoms with Gasteiger partial charge in [-0.25, -0.2) is 17.9 Å². The van der Waals surface area contributed by atoms with E-state index in [1.165, 1.54) is 16.8 Å². The zero-order valence-electron chi connectivity index (χ0n) is 18.7. The highest BCUT2D eigenvalue weighted by Crippen LogP contribution is 2.27. The zero-order chi connectivity index (χ0) is 22.9. The fourth-order valence-corrected chi connectivity index (χ4v) is 6.41. The van der Waals surface area contributed by atoms with Gasteiger partial charge < -0.3 is 5.32 Å². The lowest BCUT2D eigenvalue weighted by Gasteiger charge is -2.34. The molecule has 4 rings (SSSR count). The molecule has 2 aromatic rings. The Kier molecular flexibility index (Phi) is 6.52. The highest BCUT2D eigenvalue weighted by molar-refractivity contribution is 7.89. The molecule has 1 saturated heterocycles. The summed E-state index contributed by atoms with van der Waals surface area (Å²) in [5.74, 6) is 1.01. The molecule has 0 spiro atoms. The van der Waals surface area contributed by atoms with Crippen molar-refractivity contribution in [3.05, 3.63) is 40.6 Å². The third-order valence-corrected chi connectivity index (χ3v) is 8.03. The van der Waals surface area contributed by atoms with Crippen molar-refractivity contribution in [2.45, 2.75) is 63.9 Å². The number of rotatable bonds is 5. The highest BCUT2D eigenvalue weighted by atomic mass is 32.2. The SMILES string of the molecule is C[C@@H]1C[C@H](C)CN(S(=O)(=O)c2ccc(NC(=O)Cn3nc4n(c3=O)CCCCC4)cc2)C1. The minimum Gasteiger partial charge on any atom is -0.324 e. The Labute approximate surface area is 188 Å². The summed E-state index contributed by atoms with van der Waals surface area (Å²) in [7, 11) is -3.57. The van der Waals surface area contributed by atoms with Crippen LogP contribution in [0.2, 0.25) is 0 Å². The van der Waals surface area contributed by atoms with Gasteiger partial charge in [0.15, 0.2) is 0 Å². The molecule has 2 aliphatic heterocycles. The fraction of sp³-hybridized carbons (Fsp3) is 0.591. The summed E-state index contributed by atoms with van der Waals surface area (Å²) in [6.45, 7) is 5.65. The number of carbonyl (C=O) groups is 1. The number of aromatic nitrogens is 3. The number of fused-ring (bicyclic) bond motifs is 1. The van der Waals surface area contributed by atoms with Gasteiger partial charge in [0.1, 0.15) is 12.4 Å². The molecule has 1 N–H and O–H groups in total. The van der Waals surface area contributed by atoms with Crippen LogP contribution in [0, 0.1) is 11.8 Å². The van der Waals surface area contributed by atoms with E-state index in [9.17, 15) is 18.0 Å². The molecular formula is C22H31N5O4S. The molecule has 0 aliphatic carbocycles. The van der Waals surface area contributed by atoms with Gasteiger partial charge in [-0.3, -0.25) is 9.36 Å². The molecule has 1 aromatic heterocycles. The van der Waals surface area contributed by atoms with Crippen LogP contribution >= 0.6 is 0 Å². The Hall–Kier alpha value is -2.46. The second-order valence-corrected chi connectivity index (χ2v) is 11.1. The first kappa shape index (κ1) is 22.7.